The monoisotopic (exact) mass is 220 g/mol. The first-order chi connectivity index (χ1) is 7.16. The summed E-state index contributed by atoms with van der Waals surface area (Å²) in [5.41, 5.74) is 2.12. The number of aryl methyl sites for hydroxylation is 1. The normalized spacial score (nSPS) is 12.9. The molecule has 0 saturated carbocycles. The lowest BCUT2D eigenvalue weighted by Gasteiger charge is -2.04. The predicted molar refractivity (Wildman–Crippen MR) is 63.2 cm³/mol. The van der Waals surface area contributed by atoms with Crippen molar-refractivity contribution in [2.24, 2.45) is 0 Å². The molecule has 0 bridgehead atoms. The fraction of sp³-hybridized carbons (Fsp3) is 0.167. The summed E-state index contributed by atoms with van der Waals surface area (Å²) in [4.78, 5) is 0. The number of benzene rings is 2. The molecule has 0 heterocycles. The first-order valence-corrected chi connectivity index (χ1v) is 6.00. The molecule has 15 heavy (non-hydrogen) atoms. The van der Waals surface area contributed by atoms with Crippen LogP contribution < -0.4 is 0 Å². The van der Waals surface area contributed by atoms with Crippen LogP contribution in [0, 0.1) is 6.92 Å². The third-order valence-electron chi connectivity index (χ3n) is 2.45. The van der Waals surface area contributed by atoms with Crippen molar-refractivity contribution in [3.63, 3.8) is 0 Å². The molecule has 1 atom stereocenters. The van der Waals surface area contributed by atoms with Gasteiger partial charge >= 0.3 is 0 Å². The molecule has 78 valence electrons. The SMILES string of the molecule is Cc1cccc2cc(CS(=O)O)ccc12. The van der Waals surface area contributed by atoms with Gasteiger partial charge in [-0.1, -0.05) is 36.4 Å². The standard InChI is InChI=1S/C12H12O2S/c1-9-3-2-4-11-7-10(8-15(13)14)5-6-12(9)11/h2-7H,8H2,1H3,(H,13,14). The predicted octanol–water partition coefficient (Wildman–Crippen LogP) is 2.87. The molecule has 2 rings (SSSR count). The highest BCUT2D eigenvalue weighted by molar-refractivity contribution is 7.78. The van der Waals surface area contributed by atoms with Crippen molar-refractivity contribution in [3.05, 3.63) is 47.5 Å². The quantitative estimate of drug-likeness (QED) is 0.790. The summed E-state index contributed by atoms with van der Waals surface area (Å²) in [6.07, 6.45) is 0. The van der Waals surface area contributed by atoms with Crippen molar-refractivity contribution < 1.29 is 8.76 Å². The van der Waals surface area contributed by atoms with Gasteiger partial charge in [-0.3, -0.25) is 0 Å². The first kappa shape index (κ1) is 10.3. The van der Waals surface area contributed by atoms with E-state index < -0.39 is 11.1 Å². The van der Waals surface area contributed by atoms with Crippen LogP contribution in [0.1, 0.15) is 11.1 Å². The van der Waals surface area contributed by atoms with Gasteiger partial charge in [0.2, 0.25) is 0 Å². The zero-order chi connectivity index (χ0) is 10.8. The van der Waals surface area contributed by atoms with Gasteiger partial charge in [0, 0.05) is 0 Å². The molecule has 0 amide bonds. The van der Waals surface area contributed by atoms with Gasteiger partial charge in [-0.05, 0) is 28.8 Å². The molecular weight excluding hydrogens is 208 g/mol. The summed E-state index contributed by atoms with van der Waals surface area (Å²) < 4.78 is 19.5. The Morgan fingerprint density at radius 1 is 1.27 bits per heavy atom. The van der Waals surface area contributed by atoms with E-state index >= 15 is 0 Å². The Balaban J connectivity index is 2.52. The van der Waals surface area contributed by atoms with Gasteiger partial charge < -0.3 is 4.55 Å². The van der Waals surface area contributed by atoms with E-state index in [0.717, 1.165) is 10.9 Å². The molecule has 0 aromatic heterocycles. The number of rotatable bonds is 2. The molecule has 0 aliphatic heterocycles. The Morgan fingerprint density at radius 2 is 2.07 bits per heavy atom. The van der Waals surface area contributed by atoms with Crippen molar-refractivity contribution in [2.45, 2.75) is 12.7 Å². The minimum Gasteiger partial charge on any atom is -0.306 e. The molecule has 0 aliphatic carbocycles. The van der Waals surface area contributed by atoms with Crippen LogP contribution in [-0.2, 0) is 16.8 Å². The Labute approximate surface area is 91.2 Å². The molecule has 1 N–H and O–H groups in total. The van der Waals surface area contributed by atoms with Crippen LogP contribution >= 0.6 is 0 Å². The second-order valence-electron chi connectivity index (χ2n) is 3.60. The van der Waals surface area contributed by atoms with Crippen molar-refractivity contribution in [1.29, 1.82) is 0 Å². The smallest absolute Gasteiger partial charge is 0.157 e. The number of fused-ring (bicyclic) bond motifs is 1. The number of hydrogen-bond donors (Lipinski definition) is 1. The molecule has 0 fully saturated rings. The van der Waals surface area contributed by atoms with Crippen LogP contribution in [0.3, 0.4) is 0 Å². The van der Waals surface area contributed by atoms with E-state index in [9.17, 15) is 4.21 Å². The summed E-state index contributed by atoms with van der Waals surface area (Å²) in [6, 6.07) is 12.0. The molecule has 2 nitrogen and oxygen atoms in total. The highest BCUT2D eigenvalue weighted by Gasteiger charge is 2.01. The Hall–Kier alpha value is -1.19. The van der Waals surface area contributed by atoms with Gasteiger partial charge in [0.15, 0.2) is 11.1 Å². The fourth-order valence-corrected chi connectivity index (χ4v) is 2.19. The molecule has 0 aliphatic rings. The van der Waals surface area contributed by atoms with E-state index in [-0.39, 0.29) is 5.75 Å². The third kappa shape index (κ3) is 2.25. The Morgan fingerprint density at radius 3 is 2.80 bits per heavy atom. The van der Waals surface area contributed by atoms with Crippen molar-refractivity contribution >= 4 is 21.9 Å². The maximum absolute atomic E-state index is 10.7. The van der Waals surface area contributed by atoms with Crippen LogP contribution in [0.25, 0.3) is 10.8 Å². The van der Waals surface area contributed by atoms with Crippen molar-refractivity contribution in [1.82, 2.24) is 0 Å². The summed E-state index contributed by atoms with van der Waals surface area (Å²) in [6.45, 7) is 2.06. The lowest BCUT2D eigenvalue weighted by atomic mass is 10.0. The second-order valence-corrected chi connectivity index (χ2v) is 4.53. The van der Waals surface area contributed by atoms with Crippen LogP contribution in [0.5, 0.6) is 0 Å². The lowest BCUT2D eigenvalue weighted by Crippen LogP contribution is -1.92. The van der Waals surface area contributed by atoms with Crippen LogP contribution in [0.15, 0.2) is 36.4 Å². The van der Waals surface area contributed by atoms with Gasteiger partial charge in [-0.15, -0.1) is 0 Å². The minimum atomic E-state index is -1.76. The van der Waals surface area contributed by atoms with Gasteiger partial charge in [0.1, 0.15) is 0 Å². The van der Waals surface area contributed by atoms with E-state index in [0.29, 0.717) is 0 Å². The van der Waals surface area contributed by atoms with E-state index in [1.165, 1.54) is 10.9 Å². The van der Waals surface area contributed by atoms with E-state index in [4.69, 9.17) is 4.55 Å². The number of hydrogen-bond acceptors (Lipinski definition) is 1. The second kappa shape index (κ2) is 4.13. The van der Waals surface area contributed by atoms with E-state index in [1.54, 1.807) is 0 Å². The average molecular weight is 220 g/mol. The summed E-state index contributed by atoms with van der Waals surface area (Å²) in [5.74, 6) is 0.198. The fourth-order valence-electron chi connectivity index (χ4n) is 1.73. The van der Waals surface area contributed by atoms with E-state index in [2.05, 4.69) is 13.0 Å². The summed E-state index contributed by atoms with van der Waals surface area (Å²) in [7, 11) is 0. The van der Waals surface area contributed by atoms with Gasteiger partial charge in [-0.2, -0.15) is 0 Å². The molecule has 1 unspecified atom stereocenters. The van der Waals surface area contributed by atoms with Gasteiger partial charge in [-0.25, -0.2) is 4.21 Å². The van der Waals surface area contributed by atoms with Crippen molar-refractivity contribution in [2.75, 3.05) is 0 Å². The zero-order valence-electron chi connectivity index (χ0n) is 8.43. The largest absolute Gasteiger partial charge is 0.306 e. The van der Waals surface area contributed by atoms with Crippen LogP contribution in [-0.4, -0.2) is 8.76 Å². The lowest BCUT2D eigenvalue weighted by molar-refractivity contribution is 0.563. The molecule has 3 heteroatoms. The maximum Gasteiger partial charge on any atom is 0.157 e. The molecule has 0 radical (unpaired) electrons. The summed E-state index contributed by atoms with van der Waals surface area (Å²) in [5, 5.41) is 2.32. The van der Waals surface area contributed by atoms with E-state index in [1.807, 2.05) is 30.3 Å². The molecular formula is C12H12O2S. The van der Waals surface area contributed by atoms with Gasteiger partial charge in [0.05, 0.1) is 5.75 Å². The van der Waals surface area contributed by atoms with Crippen molar-refractivity contribution in [3.8, 4) is 0 Å². The Bertz CT molecular complexity index is 520. The Kier molecular flexibility index (Phi) is 2.84. The zero-order valence-corrected chi connectivity index (χ0v) is 9.25. The summed E-state index contributed by atoms with van der Waals surface area (Å²) >= 11 is -1.76. The van der Waals surface area contributed by atoms with Crippen LogP contribution in [0.4, 0.5) is 0 Å². The van der Waals surface area contributed by atoms with Crippen LogP contribution in [0.2, 0.25) is 0 Å². The molecule has 2 aromatic carbocycles. The third-order valence-corrected chi connectivity index (χ3v) is 3.03. The molecule has 0 saturated heterocycles. The maximum atomic E-state index is 10.7. The first-order valence-electron chi connectivity index (χ1n) is 4.72. The molecule has 2 aromatic rings. The van der Waals surface area contributed by atoms with Gasteiger partial charge in [0.25, 0.3) is 0 Å². The highest BCUT2D eigenvalue weighted by atomic mass is 32.2. The minimum absolute atomic E-state index is 0.198. The average Bonchev–Trinajstić information content (AvgIpc) is 2.17. The highest BCUT2D eigenvalue weighted by Crippen LogP contribution is 2.20. The molecule has 0 spiro atoms. The topological polar surface area (TPSA) is 37.3 Å².